The number of hydrogen-bond acceptors (Lipinski definition) is 5. The number of amides is 1. The van der Waals surface area contributed by atoms with Crippen LogP contribution in [0.2, 0.25) is 0 Å². The molecule has 0 aliphatic carbocycles. The van der Waals surface area contributed by atoms with Crippen LogP contribution in [0.4, 0.5) is 10.5 Å². The summed E-state index contributed by atoms with van der Waals surface area (Å²) in [6.45, 7) is 15.0. The zero-order valence-electron chi connectivity index (χ0n) is 26.7. The highest BCUT2D eigenvalue weighted by Crippen LogP contribution is 2.29. The van der Waals surface area contributed by atoms with E-state index in [0.29, 0.717) is 17.7 Å². The standard InChI is InChI=1S/C36H48N2O4S/c1-8-28(9-2)29-16-18-32(19-17-29)38(25(3)4)22-26-12-10-14-30(20-26)31-15-11-13-27(21-31)23-43-24-33(34(39)40)37-35(41)42-36(5,6)7/h10-21,25,28,33H,8-9,22-24H2,1-7H3,(H,37,41)(H,39,40). The summed E-state index contributed by atoms with van der Waals surface area (Å²) in [5, 5.41) is 12.0. The fourth-order valence-corrected chi connectivity index (χ4v) is 6.07. The average Bonchev–Trinajstić information content (AvgIpc) is 2.95. The number of nitrogens with one attached hydrogen (secondary N) is 1. The van der Waals surface area contributed by atoms with Gasteiger partial charge in [0.25, 0.3) is 0 Å². The fourth-order valence-electron chi connectivity index (χ4n) is 5.08. The molecule has 0 saturated carbocycles. The van der Waals surface area contributed by atoms with Crippen molar-refractivity contribution in [3.05, 3.63) is 89.5 Å². The van der Waals surface area contributed by atoms with E-state index < -0.39 is 23.7 Å². The SMILES string of the molecule is CCC(CC)c1ccc(N(Cc2cccc(-c3cccc(CSCC(NC(=O)OC(C)(C)C)C(=O)O)c3)c2)C(C)C)cc1. The molecule has 1 amide bonds. The number of nitrogens with zero attached hydrogens (tertiary/aromatic N) is 1. The number of alkyl carbamates (subject to hydrolysis) is 1. The number of carboxylic acids is 1. The number of hydrogen-bond donors (Lipinski definition) is 2. The molecule has 2 N–H and O–H groups in total. The van der Waals surface area contributed by atoms with E-state index in [4.69, 9.17) is 4.74 Å². The first kappa shape index (κ1) is 34.0. The van der Waals surface area contributed by atoms with Crippen LogP contribution in [0.5, 0.6) is 0 Å². The Kier molecular flexibility index (Phi) is 12.6. The van der Waals surface area contributed by atoms with Crippen molar-refractivity contribution in [1.82, 2.24) is 5.32 Å². The highest BCUT2D eigenvalue weighted by Gasteiger charge is 2.24. The topological polar surface area (TPSA) is 78.9 Å². The van der Waals surface area contributed by atoms with E-state index in [9.17, 15) is 14.7 Å². The predicted molar refractivity (Wildman–Crippen MR) is 180 cm³/mol. The lowest BCUT2D eigenvalue weighted by Crippen LogP contribution is -2.44. The first-order valence-electron chi connectivity index (χ1n) is 15.2. The molecule has 0 spiro atoms. The first-order chi connectivity index (χ1) is 20.4. The van der Waals surface area contributed by atoms with Crippen LogP contribution in [0.25, 0.3) is 11.1 Å². The lowest BCUT2D eigenvalue weighted by atomic mass is 9.94. The molecular weight excluding hydrogens is 556 g/mol. The van der Waals surface area contributed by atoms with Gasteiger partial charge in [-0.15, -0.1) is 0 Å². The molecule has 0 radical (unpaired) electrons. The zero-order chi connectivity index (χ0) is 31.6. The molecule has 43 heavy (non-hydrogen) atoms. The summed E-state index contributed by atoms with van der Waals surface area (Å²) in [6.07, 6.45) is 1.59. The maximum Gasteiger partial charge on any atom is 0.408 e. The summed E-state index contributed by atoms with van der Waals surface area (Å²) in [4.78, 5) is 26.2. The van der Waals surface area contributed by atoms with Crippen molar-refractivity contribution in [2.75, 3.05) is 10.7 Å². The molecule has 3 rings (SSSR count). The van der Waals surface area contributed by atoms with Crippen molar-refractivity contribution >= 4 is 29.5 Å². The summed E-state index contributed by atoms with van der Waals surface area (Å²) < 4.78 is 5.22. The van der Waals surface area contributed by atoms with Crippen LogP contribution < -0.4 is 10.2 Å². The minimum Gasteiger partial charge on any atom is -0.480 e. The normalized spacial score (nSPS) is 12.3. The van der Waals surface area contributed by atoms with Crippen LogP contribution in [0.1, 0.15) is 83.9 Å². The van der Waals surface area contributed by atoms with Gasteiger partial charge < -0.3 is 20.1 Å². The van der Waals surface area contributed by atoms with Gasteiger partial charge in [0.2, 0.25) is 0 Å². The second-order valence-electron chi connectivity index (χ2n) is 12.3. The molecule has 1 atom stereocenters. The zero-order valence-corrected chi connectivity index (χ0v) is 27.5. The highest BCUT2D eigenvalue weighted by molar-refractivity contribution is 7.98. The summed E-state index contributed by atoms with van der Waals surface area (Å²) >= 11 is 1.47. The van der Waals surface area contributed by atoms with E-state index in [1.807, 2.05) is 12.1 Å². The van der Waals surface area contributed by atoms with Crippen LogP contribution >= 0.6 is 11.8 Å². The maximum absolute atomic E-state index is 12.1. The van der Waals surface area contributed by atoms with E-state index in [1.165, 1.54) is 28.6 Å². The van der Waals surface area contributed by atoms with Gasteiger partial charge in [0, 0.05) is 29.8 Å². The average molecular weight is 605 g/mol. The largest absolute Gasteiger partial charge is 0.480 e. The van der Waals surface area contributed by atoms with E-state index in [-0.39, 0.29) is 5.75 Å². The molecule has 0 aliphatic heterocycles. The molecule has 1 unspecified atom stereocenters. The Morgan fingerprint density at radius 2 is 1.49 bits per heavy atom. The third kappa shape index (κ3) is 10.6. The van der Waals surface area contributed by atoms with Crippen LogP contribution in [-0.2, 0) is 21.8 Å². The molecule has 0 aliphatic rings. The van der Waals surface area contributed by atoms with Gasteiger partial charge in [-0.05, 0) is 99.4 Å². The van der Waals surface area contributed by atoms with Gasteiger partial charge in [-0.25, -0.2) is 9.59 Å². The second kappa shape index (κ2) is 15.9. The molecule has 0 fully saturated rings. The van der Waals surface area contributed by atoms with E-state index >= 15 is 0 Å². The number of ether oxygens (including phenoxy) is 1. The van der Waals surface area contributed by atoms with E-state index in [1.54, 1.807) is 20.8 Å². The lowest BCUT2D eigenvalue weighted by Gasteiger charge is -2.30. The molecule has 0 aromatic heterocycles. The number of carbonyl (C=O) groups excluding carboxylic acids is 1. The number of anilines is 1. The van der Waals surface area contributed by atoms with Crippen molar-refractivity contribution in [2.24, 2.45) is 0 Å². The Balaban J connectivity index is 1.67. The quantitative estimate of drug-likeness (QED) is 0.191. The predicted octanol–water partition coefficient (Wildman–Crippen LogP) is 8.88. The number of carboxylic acid groups (broad SMARTS) is 1. The van der Waals surface area contributed by atoms with Crippen LogP contribution in [0.3, 0.4) is 0 Å². The van der Waals surface area contributed by atoms with Crippen LogP contribution in [0.15, 0.2) is 72.8 Å². The van der Waals surface area contributed by atoms with Gasteiger partial charge in [-0.2, -0.15) is 11.8 Å². The van der Waals surface area contributed by atoms with Gasteiger partial charge >= 0.3 is 12.1 Å². The van der Waals surface area contributed by atoms with Crippen molar-refractivity contribution in [3.63, 3.8) is 0 Å². The minimum atomic E-state index is -1.08. The Bertz CT molecular complexity index is 1330. The number of thioether (sulfide) groups is 1. The highest BCUT2D eigenvalue weighted by atomic mass is 32.2. The number of aliphatic carboxylic acids is 1. The Morgan fingerprint density at radius 3 is 2.02 bits per heavy atom. The van der Waals surface area contributed by atoms with Gasteiger partial charge in [-0.3, -0.25) is 0 Å². The molecule has 6 nitrogen and oxygen atoms in total. The number of carbonyl (C=O) groups is 2. The fraction of sp³-hybridized carbons (Fsp3) is 0.444. The molecule has 3 aromatic rings. The lowest BCUT2D eigenvalue weighted by molar-refractivity contribution is -0.138. The maximum atomic E-state index is 12.1. The van der Waals surface area contributed by atoms with Crippen molar-refractivity contribution in [2.45, 2.75) is 97.2 Å². The first-order valence-corrected chi connectivity index (χ1v) is 16.4. The van der Waals surface area contributed by atoms with Crippen LogP contribution in [0, 0.1) is 0 Å². The van der Waals surface area contributed by atoms with Crippen molar-refractivity contribution in [1.29, 1.82) is 0 Å². The van der Waals surface area contributed by atoms with Gasteiger partial charge in [0.15, 0.2) is 0 Å². The molecule has 0 heterocycles. The molecule has 7 heteroatoms. The smallest absolute Gasteiger partial charge is 0.408 e. The van der Waals surface area contributed by atoms with Crippen LogP contribution in [-0.4, -0.2) is 40.6 Å². The Hall–Kier alpha value is -3.45. The summed E-state index contributed by atoms with van der Waals surface area (Å²) in [5.74, 6) is 0.389. The monoisotopic (exact) mass is 604 g/mol. The molecular formula is C36H48N2O4S. The van der Waals surface area contributed by atoms with Gasteiger partial charge in [0.1, 0.15) is 11.6 Å². The molecule has 232 valence electrons. The van der Waals surface area contributed by atoms with E-state index in [2.05, 4.69) is 98.6 Å². The number of rotatable bonds is 14. The number of benzene rings is 3. The minimum absolute atomic E-state index is 0.234. The second-order valence-corrected chi connectivity index (χ2v) is 13.3. The summed E-state index contributed by atoms with van der Waals surface area (Å²) in [5.41, 5.74) is 6.55. The molecule has 3 aromatic carbocycles. The summed E-state index contributed by atoms with van der Waals surface area (Å²) in [7, 11) is 0. The van der Waals surface area contributed by atoms with Crippen molar-refractivity contribution < 1.29 is 19.4 Å². The van der Waals surface area contributed by atoms with Crippen molar-refractivity contribution in [3.8, 4) is 11.1 Å². The summed E-state index contributed by atoms with van der Waals surface area (Å²) in [6, 6.07) is 25.4. The third-order valence-corrected chi connectivity index (χ3v) is 8.49. The molecule has 0 saturated heterocycles. The van der Waals surface area contributed by atoms with Gasteiger partial charge in [-0.1, -0.05) is 68.4 Å². The Labute approximate surface area is 262 Å². The van der Waals surface area contributed by atoms with Gasteiger partial charge in [0.05, 0.1) is 0 Å². The third-order valence-electron chi connectivity index (χ3n) is 7.39. The molecule has 0 bridgehead atoms. The Morgan fingerprint density at radius 1 is 0.907 bits per heavy atom. The van der Waals surface area contributed by atoms with E-state index in [0.717, 1.165) is 36.1 Å².